The smallest absolute Gasteiger partial charge is 0.407 e. The summed E-state index contributed by atoms with van der Waals surface area (Å²) in [6.07, 6.45) is 0.324. The number of nitrogens with one attached hydrogen (secondary N) is 1. The first-order valence-corrected chi connectivity index (χ1v) is 12.2. The second-order valence-corrected chi connectivity index (χ2v) is 10.4. The van der Waals surface area contributed by atoms with Gasteiger partial charge in [-0.3, -0.25) is 9.59 Å². The van der Waals surface area contributed by atoms with Crippen molar-refractivity contribution in [2.75, 3.05) is 26.2 Å². The van der Waals surface area contributed by atoms with Crippen LogP contribution in [0, 0.1) is 11.3 Å². The van der Waals surface area contributed by atoms with Gasteiger partial charge in [0.15, 0.2) is 0 Å². The molecule has 0 saturated carbocycles. The average Bonchev–Trinajstić information content (AvgIpc) is 3.12. The van der Waals surface area contributed by atoms with Crippen molar-refractivity contribution in [3.05, 3.63) is 59.7 Å². The molecule has 188 valence electrons. The van der Waals surface area contributed by atoms with Crippen LogP contribution in [0.4, 0.5) is 4.79 Å². The van der Waals surface area contributed by atoms with Gasteiger partial charge < -0.3 is 20.1 Å². The van der Waals surface area contributed by atoms with Crippen molar-refractivity contribution in [2.24, 2.45) is 11.3 Å². The summed E-state index contributed by atoms with van der Waals surface area (Å²) in [5.74, 6) is -1.38. The Hall–Kier alpha value is -3.35. The van der Waals surface area contributed by atoms with Crippen LogP contribution < -0.4 is 5.32 Å². The quantitative estimate of drug-likeness (QED) is 0.504. The number of benzene rings is 2. The molecule has 1 aliphatic rings. The third kappa shape index (κ3) is 7.07. The predicted molar refractivity (Wildman–Crippen MR) is 135 cm³/mol. The minimum Gasteiger partial charge on any atom is -0.480 e. The second kappa shape index (κ2) is 11.4. The molecule has 2 aromatic carbocycles. The van der Waals surface area contributed by atoms with Crippen molar-refractivity contribution in [3.63, 3.8) is 0 Å². The molecule has 7 heteroatoms. The molecule has 2 aromatic rings. The number of rotatable bonds is 10. The van der Waals surface area contributed by atoms with Crippen LogP contribution in [0.3, 0.4) is 0 Å². The maximum absolute atomic E-state index is 12.8. The molecule has 1 aliphatic carbocycles. The fourth-order valence-corrected chi connectivity index (χ4v) is 4.58. The Morgan fingerprint density at radius 1 is 1.03 bits per heavy atom. The molecular formula is C28H36N2O5. The van der Waals surface area contributed by atoms with Crippen molar-refractivity contribution < 1.29 is 24.2 Å². The molecule has 1 unspecified atom stereocenters. The molecule has 3 rings (SSSR count). The number of hydrogen-bond acceptors (Lipinski definition) is 4. The van der Waals surface area contributed by atoms with Crippen LogP contribution in [-0.4, -0.2) is 54.2 Å². The highest BCUT2D eigenvalue weighted by Crippen LogP contribution is 2.44. The Labute approximate surface area is 207 Å². The Bertz CT molecular complexity index is 1010. The monoisotopic (exact) mass is 480 g/mol. The number of carbonyl (C=O) groups excluding carboxylic acids is 2. The summed E-state index contributed by atoms with van der Waals surface area (Å²) >= 11 is 0. The molecule has 0 saturated heterocycles. The first kappa shape index (κ1) is 26.3. The molecule has 0 bridgehead atoms. The van der Waals surface area contributed by atoms with Crippen LogP contribution in [-0.2, 0) is 14.3 Å². The summed E-state index contributed by atoms with van der Waals surface area (Å²) in [4.78, 5) is 37.9. The zero-order chi connectivity index (χ0) is 25.6. The molecule has 0 radical (unpaired) electrons. The summed E-state index contributed by atoms with van der Waals surface area (Å²) in [5, 5.41) is 12.0. The van der Waals surface area contributed by atoms with Gasteiger partial charge in [-0.25, -0.2) is 4.79 Å². The van der Waals surface area contributed by atoms with Gasteiger partial charge in [0.25, 0.3) is 0 Å². The van der Waals surface area contributed by atoms with Crippen molar-refractivity contribution in [1.82, 2.24) is 10.2 Å². The number of nitrogens with zero attached hydrogens (tertiary/aromatic N) is 1. The van der Waals surface area contributed by atoms with E-state index >= 15 is 0 Å². The van der Waals surface area contributed by atoms with E-state index in [2.05, 4.69) is 29.6 Å². The largest absolute Gasteiger partial charge is 0.480 e. The average molecular weight is 481 g/mol. The van der Waals surface area contributed by atoms with Gasteiger partial charge in [-0.15, -0.1) is 0 Å². The van der Waals surface area contributed by atoms with E-state index in [0.29, 0.717) is 13.0 Å². The van der Waals surface area contributed by atoms with E-state index in [0.717, 1.165) is 11.1 Å². The topological polar surface area (TPSA) is 95.9 Å². The number of ether oxygens (including phenoxy) is 1. The summed E-state index contributed by atoms with van der Waals surface area (Å²) < 4.78 is 5.58. The normalized spacial score (nSPS) is 13.5. The van der Waals surface area contributed by atoms with Gasteiger partial charge in [0, 0.05) is 25.4 Å². The fraction of sp³-hybridized carbons (Fsp3) is 0.464. The SMILES string of the molecule is CCC(CNC(=O)OCC1c2ccccc2-c2ccccc21)CC(=O)N(CC(=O)O)CC(C)(C)C. The van der Waals surface area contributed by atoms with Crippen molar-refractivity contribution in [1.29, 1.82) is 0 Å². The molecule has 35 heavy (non-hydrogen) atoms. The van der Waals surface area contributed by atoms with Crippen LogP contribution in [0.15, 0.2) is 48.5 Å². The molecule has 0 spiro atoms. The highest BCUT2D eigenvalue weighted by atomic mass is 16.5. The van der Waals surface area contributed by atoms with E-state index in [1.807, 2.05) is 52.0 Å². The van der Waals surface area contributed by atoms with E-state index in [1.54, 1.807) is 0 Å². The molecule has 7 nitrogen and oxygen atoms in total. The second-order valence-electron chi connectivity index (χ2n) is 10.4. The predicted octanol–water partition coefficient (Wildman–Crippen LogP) is 4.90. The van der Waals surface area contributed by atoms with Crippen LogP contribution in [0.5, 0.6) is 0 Å². The third-order valence-electron chi connectivity index (χ3n) is 6.26. The number of carboxylic acid groups (broad SMARTS) is 1. The molecule has 0 heterocycles. The minimum atomic E-state index is -1.03. The van der Waals surface area contributed by atoms with Gasteiger partial charge in [-0.1, -0.05) is 82.6 Å². The number of carboxylic acids is 1. The van der Waals surface area contributed by atoms with E-state index in [-0.39, 0.29) is 49.3 Å². The van der Waals surface area contributed by atoms with Crippen LogP contribution in [0.25, 0.3) is 11.1 Å². The van der Waals surface area contributed by atoms with Crippen LogP contribution in [0.2, 0.25) is 0 Å². The van der Waals surface area contributed by atoms with E-state index < -0.39 is 12.1 Å². The minimum absolute atomic E-state index is 0.0151. The summed E-state index contributed by atoms with van der Waals surface area (Å²) in [5.41, 5.74) is 4.42. The lowest BCUT2D eigenvalue weighted by Gasteiger charge is -2.30. The van der Waals surface area contributed by atoms with Crippen LogP contribution >= 0.6 is 0 Å². The molecule has 2 N–H and O–H groups in total. The lowest BCUT2D eigenvalue weighted by atomic mass is 9.95. The summed E-state index contributed by atoms with van der Waals surface area (Å²) in [6.45, 7) is 8.38. The lowest BCUT2D eigenvalue weighted by molar-refractivity contribution is -0.145. The number of alkyl carbamates (subject to hydrolysis) is 1. The van der Waals surface area contributed by atoms with Crippen LogP contribution in [0.1, 0.15) is 57.6 Å². The third-order valence-corrected chi connectivity index (χ3v) is 6.26. The maximum atomic E-state index is 12.8. The van der Waals surface area contributed by atoms with Crippen molar-refractivity contribution in [3.8, 4) is 11.1 Å². The molecule has 2 amide bonds. The molecule has 1 atom stereocenters. The Balaban J connectivity index is 1.54. The van der Waals surface area contributed by atoms with E-state index in [4.69, 9.17) is 4.74 Å². The highest BCUT2D eigenvalue weighted by Gasteiger charge is 2.29. The zero-order valence-electron chi connectivity index (χ0n) is 21.0. The number of aliphatic carboxylic acids is 1. The number of fused-ring (bicyclic) bond motifs is 3. The van der Waals surface area contributed by atoms with Gasteiger partial charge in [-0.2, -0.15) is 0 Å². The fourth-order valence-electron chi connectivity index (χ4n) is 4.58. The molecular weight excluding hydrogens is 444 g/mol. The van der Waals surface area contributed by atoms with E-state index in [9.17, 15) is 19.5 Å². The molecule has 0 fully saturated rings. The van der Waals surface area contributed by atoms with Gasteiger partial charge in [0.2, 0.25) is 5.91 Å². The Morgan fingerprint density at radius 2 is 1.60 bits per heavy atom. The standard InChI is InChI=1S/C28H36N2O5/c1-5-19(14-25(31)30(16-26(32)33)18-28(2,3)4)15-29-27(34)35-17-24-22-12-8-6-10-20(22)21-11-7-9-13-23(21)24/h6-13,19,24H,5,14-18H2,1-4H3,(H,29,34)(H,32,33). The Kier molecular flexibility index (Phi) is 8.54. The highest BCUT2D eigenvalue weighted by molar-refractivity contribution is 5.82. The van der Waals surface area contributed by atoms with Gasteiger partial charge in [-0.05, 0) is 33.6 Å². The molecule has 0 aliphatic heterocycles. The number of amides is 2. The Morgan fingerprint density at radius 3 is 2.11 bits per heavy atom. The first-order valence-electron chi connectivity index (χ1n) is 12.2. The van der Waals surface area contributed by atoms with Gasteiger partial charge in [0.1, 0.15) is 13.2 Å². The number of carbonyl (C=O) groups is 3. The summed E-state index contributed by atoms with van der Waals surface area (Å²) in [6, 6.07) is 16.3. The lowest BCUT2D eigenvalue weighted by Crippen LogP contribution is -2.42. The van der Waals surface area contributed by atoms with Crippen molar-refractivity contribution in [2.45, 2.75) is 46.5 Å². The van der Waals surface area contributed by atoms with Gasteiger partial charge >= 0.3 is 12.1 Å². The molecule has 0 aromatic heterocycles. The van der Waals surface area contributed by atoms with E-state index in [1.165, 1.54) is 16.0 Å². The number of hydrogen-bond donors (Lipinski definition) is 2. The first-order chi connectivity index (χ1) is 16.6. The summed E-state index contributed by atoms with van der Waals surface area (Å²) in [7, 11) is 0. The van der Waals surface area contributed by atoms with Crippen molar-refractivity contribution >= 4 is 18.0 Å². The van der Waals surface area contributed by atoms with Gasteiger partial charge in [0.05, 0.1) is 0 Å². The maximum Gasteiger partial charge on any atom is 0.407 e. The zero-order valence-corrected chi connectivity index (χ0v) is 21.0.